The normalized spacial score (nSPS) is 16.8. The van der Waals surface area contributed by atoms with Gasteiger partial charge in [-0.3, -0.25) is 4.72 Å². The number of likely N-dealkylation sites (N-methyl/N-ethyl adjacent to an activating group) is 1. The lowest BCUT2D eigenvalue weighted by Gasteiger charge is -2.36. The smallest absolute Gasteiger partial charge is 0.262 e. The van der Waals surface area contributed by atoms with E-state index >= 15 is 0 Å². The third-order valence-electron chi connectivity index (χ3n) is 5.53. The summed E-state index contributed by atoms with van der Waals surface area (Å²) < 4.78 is 34.5. The maximum absolute atomic E-state index is 13.2. The van der Waals surface area contributed by atoms with Crippen molar-refractivity contribution in [2.24, 2.45) is 0 Å². The predicted molar refractivity (Wildman–Crippen MR) is 119 cm³/mol. The highest BCUT2D eigenvalue weighted by Gasteiger charge is 2.31. The second kappa shape index (κ2) is 8.72. The number of halogens is 2. The zero-order chi connectivity index (χ0) is 21.3. The van der Waals surface area contributed by atoms with E-state index < -0.39 is 10.0 Å². The van der Waals surface area contributed by atoms with Crippen LogP contribution in [0.15, 0.2) is 35.2 Å². The highest BCUT2D eigenvalue weighted by atomic mass is 35.5. The van der Waals surface area contributed by atoms with E-state index in [0.29, 0.717) is 34.2 Å². The van der Waals surface area contributed by atoms with Crippen LogP contribution in [0.4, 0.5) is 5.69 Å². The Morgan fingerprint density at radius 2 is 1.79 bits per heavy atom. The third kappa shape index (κ3) is 4.82. The number of benzene rings is 2. The van der Waals surface area contributed by atoms with Crippen LogP contribution in [0.1, 0.15) is 31.4 Å². The Morgan fingerprint density at radius 3 is 2.38 bits per heavy atom. The lowest BCUT2D eigenvalue weighted by atomic mass is 9.86. The highest BCUT2D eigenvalue weighted by Crippen LogP contribution is 2.36. The van der Waals surface area contributed by atoms with Gasteiger partial charge in [-0.1, -0.05) is 23.2 Å². The van der Waals surface area contributed by atoms with E-state index in [2.05, 4.69) is 30.5 Å². The molecule has 1 N–H and O–H groups in total. The number of rotatable bonds is 6. The van der Waals surface area contributed by atoms with Crippen molar-refractivity contribution in [3.05, 3.63) is 51.5 Å². The van der Waals surface area contributed by atoms with E-state index in [0.717, 1.165) is 29.7 Å². The van der Waals surface area contributed by atoms with Gasteiger partial charge < -0.3 is 9.64 Å². The van der Waals surface area contributed by atoms with Gasteiger partial charge in [-0.15, -0.1) is 0 Å². The van der Waals surface area contributed by atoms with Crippen molar-refractivity contribution < 1.29 is 13.2 Å². The van der Waals surface area contributed by atoms with Crippen molar-refractivity contribution in [1.29, 1.82) is 0 Å². The average molecular weight is 457 g/mol. The zero-order valence-electron chi connectivity index (χ0n) is 17.0. The minimum absolute atomic E-state index is 0.273. The molecule has 0 saturated heterocycles. The van der Waals surface area contributed by atoms with Crippen molar-refractivity contribution in [3.63, 3.8) is 0 Å². The fourth-order valence-electron chi connectivity index (χ4n) is 3.83. The van der Waals surface area contributed by atoms with Crippen LogP contribution in [0.3, 0.4) is 0 Å². The molecule has 0 aliphatic heterocycles. The molecular formula is C21H26Cl2N2O3S. The van der Waals surface area contributed by atoms with E-state index in [-0.39, 0.29) is 4.90 Å². The van der Waals surface area contributed by atoms with Crippen molar-refractivity contribution >= 4 is 38.9 Å². The second-order valence-electron chi connectivity index (χ2n) is 7.64. The number of anilines is 1. The van der Waals surface area contributed by atoms with E-state index in [1.54, 1.807) is 25.3 Å². The molecule has 8 heteroatoms. The number of methoxy groups -OCH3 is 1. The zero-order valence-corrected chi connectivity index (χ0v) is 19.3. The van der Waals surface area contributed by atoms with Crippen molar-refractivity contribution in [2.75, 3.05) is 18.9 Å². The SMILES string of the molecule is COc1ccc(S(=O)(=O)Nc2cc(Cl)cc(Cl)c2)c2c1C[C@@H](N(C)C(C)C)CC2. The van der Waals surface area contributed by atoms with E-state index in [1.807, 2.05) is 0 Å². The molecule has 0 fully saturated rings. The first-order valence-corrected chi connectivity index (χ1v) is 11.8. The van der Waals surface area contributed by atoms with Crippen LogP contribution in [0.2, 0.25) is 10.0 Å². The molecule has 2 aromatic rings. The summed E-state index contributed by atoms with van der Waals surface area (Å²) in [5, 5.41) is 0.734. The quantitative estimate of drug-likeness (QED) is 0.663. The Morgan fingerprint density at radius 1 is 1.14 bits per heavy atom. The van der Waals surface area contributed by atoms with Gasteiger partial charge >= 0.3 is 0 Å². The van der Waals surface area contributed by atoms with Crippen LogP contribution in [-0.4, -0.2) is 39.6 Å². The van der Waals surface area contributed by atoms with Gasteiger partial charge in [0.15, 0.2) is 0 Å². The van der Waals surface area contributed by atoms with Crippen LogP contribution >= 0.6 is 23.2 Å². The Labute approximate surface area is 183 Å². The Balaban J connectivity index is 2.00. The molecule has 0 heterocycles. The van der Waals surface area contributed by atoms with Gasteiger partial charge in [-0.05, 0) is 76.1 Å². The molecule has 0 amide bonds. The summed E-state index contributed by atoms with van der Waals surface area (Å²) in [6, 6.07) is 8.72. The fraction of sp³-hybridized carbons (Fsp3) is 0.429. The van der Waals surface area contributed by atoms with Gasteiger partial charge in [-0.2, -0.15) is 0 Å². The Hall–Kier alpha value is -1.47. The molecule has 0 saturated carbocycles. The van der Waals surface area contributed by atoms with Crippen molar-refractivity contribution in [1.82, 2.24) is 4.90 Å². The van der Waals surface area contributed by atoms with Crippen LogP contribution < -0.4 is 9.46 Å². The predicted octanol–water partition coefficient (Wildman–Crippen LogP) is 5.00. The first kappa shape index (κ1) is 22.2. The van der Waals surface area contributed by atoms with E-state index in [1.165, 1.54) is 12.1 Å². The second-order valence-corrected chi connectivity index (χ2v) is 10.2. The van der Waals surface area contributed by atoms with Gasteiger partial charge in [0, 0.05) is 27.7 Å². The van der Waals surface area contributed by atoms with Crippen LogP contribution in [0.25, 0.3) is 0 Å². The van der Waals surface area contributed by atoms with Gasteiger partial charge in [0.2, 0.25) is 0 Å². The van der Waals surface area contributed by atoms with Crippen LogP contribution in [0, 0.1) is 0 Å². The molecule has 5 nitrogen and oxygen atoms in total. The van der Waals surface area contributed by atoms with Gasteiger partial charge in [-0.25, -0.2) is 8.42 Å². The van der Waals surface area contributed by atoms with Gasteiger partial charge in [0.1, 0.15) is 5.75 Å². The summed E-state index contributed by atoms with van der Waals surface area (Å²) in [5.41, 5.74) is 2.11. The molecule has 1 atom stereocenters. The minimum Gasteiger partial charge on any atom is -0.496 e. The Kier molecular flexibility index (Phi) is 6.68. The van der Waals surface area contributed by atoms with E-state index in [9.17, 15) is 8.42 Å². The van der Waals surface area contributed by atoms with Gasteiger partial charge in [0.05, 0.1) is 17.7 Å². The summed E-state index contributed by atoms with van der Waals surface area (Å²) >= 11 is 12.0. The first-order valence-electron chi connectivity index (χ1n) is 9.52. The maximum Gasteiger partial charge on any atom is 0.262 e. The molecule has 0 radical (unpaired) electrons. The molecular weight excluding hydrogens is 431 g/mol. The Bertz CT molecular complexity index is 989. The summed E-state index contributed by atoms with van der Waals surface area (Å²) in [4.78, 5) is 2.60. The van der Waals surface area contributed by atoms with Crippen molar-refractivity contribution in [2.45, 2.75) is 50.1 Å². The number of sulfonamides is 1. The molecule has 0 bridgehead atoms. The summed E-state index contributed by atoms with van der Waals surface area (Å²) in [6.07, 6.45) is 2.31. The molecule has 3 rings (SSSR count). The lowest BCUT2D eigenvalue weighted by molar-refractivity contribution is 0.177. The highest BCUT2D eigenvalue weighted by molar-refractivity contribution is 7.92. The monoisotopic (exact) mass is 456 g/mol. The molecule has 1 aliphatic rings. The number of hydrogen-bond acceptors (Lipinski definition) is 4. The molecule has 0 spiro atoms. The first-order chi connectivity index (χ1) is 13.6. The van der Waals surface area contributed by atoms with Crippen molar-refractivity contribution in [3.8, 4) is 5.75 Å². The molecule has 158 valence electrons. The van der Waals surface area contributed by atoms with Crippen LogP contribution in [-0.2, 0) is 22.9 Å². The number of fused-ring (bicyclic) bond motifs is 1. The standard InChI is InChI=1S/C21H26Cl2N2O3S/c1-13(2)25(3)17-5-6-18-19(12-17)20(28-4)7-8-21(18)29(26,27)24-16-10-14(22)9-15(23)11-16/h7-11,13,17,24H,5-6,12H2,1-4H3/t17-/m0/s1. The molecule has 0 unspecified atom stereocenters. The third-order valence-corrected chi connectivity index (χ3v) is 7.43. The molecule has 29 heavy (non-hydrogen) atoms. The molecule has 0 aromatic heterocycles. The van der Waals surface area contributed by atoms with Gasteiger partial charge in [0.25, 0.3) is 10.0 Å². The lowest BCUT2D eigenvalue weighted by Crippen LogP contribution is -2.41. The topological polar surface area (TPSA) is 58.6 Å². The number of ether oxygens (including phenoxy) is 1. The average Bonchev–Trinajstić information content (AvgIpc) is 2.64. The fourth-order valence-corrected chi connectivity index (χ4v) is 5.69. The largest absolute Gasteiger partial charge is 0.496 e. The minimum atomic E-state index is -3.80. The summed E-state index contributed by atoms with van der Waals surface area (Å²) in [6.45, 7) is 4.32. The summed E-state index contributed by atoms with van der Waals surface area (Å²) in [7, 11) is -0.0780. The maximum atomic E-state index is 13.2. The van der Waals surface area contributed by atoms with Crippen LogP contribution in [0.5, 0.6) is 5.75 Å². The number of hydrogen-bond donors (Lipinski definition) is 1. The number of nitrogens with zero attached hydrogens (tertiary/aromatic N) is 1. The number of nitrogens with one attached hydrogen (secondary N) is 1. The summed E-state index contributed by atoms with van der Waals surface area (Å²) in [5.74, 6) is 0.728. The van der Waals surface area contributed by atoms with E-state index in [4.69, 9.17) is 27.9 Å². The molecule has 1 aliphatic carbocycles. The molecule has 2 aromatic carbocycles.